The van der Waals surface area contributed by atoms with Crippen molar-refractivity contribution in [3.8, 4) is 0 Å². The fourth-order valence-electron chi connectivity index (χ4n) is 3.75. The fraction of sp³-hybridized carbons (Fsp3) is 0.565. The van der Waals surface area contributed by atoms with Gasteiger partial charge in [0.05, 0.1) is 12.2 Å². The van der Waals surface area contributed by atoms with Gasteiger partial charge in [-0.05, 0) is 64.1 Å². The Kier molecular flexibility index (Phi) is 8.11. The number of nitrogens with one attached hydrogen (secondary N) is 2. The molecule has 1 aromatic carbocycles. The maximum absolute atomic E-state index is 5.72. The van der Waals surface area contributed by atoms with Crippen LogP contribution in [0.5, 0.6) is 0 Å². The van der Waals surface area contributed by atoms with E-state index in [-0.39, 0.29) is 0 Å². The van der Waals surface area contributed by atoms with Crippen molar-refractivity contribution < 1.29 is 4.42 Å². The number of aryl methyl sites for hydroxylation is 3. The number of benzene rings is 1. The normalized spacial score (nSPS) is 16.2. The standard InChI is InChI=1S/C23H35N5O/c1-18-19(2)29-22(27-18)17-28-14-11-21(12-15-28)16-26-23(24-3)25-13-7-10-20-8-5-4-6-9-20/h4-6,8-9,21H,7,10-17H2,1-3H3,(H2,24,25,26). The molecule has 0 radical (unpaired) electrons. The van der Waals surface area contributed by atoms with Crippen LogP contribution in [-0.2, 0) is 13.0 Å². The Balaban J connectivity index is 1.30. The number of nitrogens with zero attached hydrogens (tertiary/aromatic N) is 3. The highest BCUT2D eigenvalue weighted by Crippen LogP contribution is 2.19. The first-order chi connectivity index (χ1) is 14.1. The molecule has 0 bridgehead atoms. The monoisotopic (exact) mass is 397 g/mol. The van der Waals surface area contributed by atoms with Gasteiger partial charge in [-0.25, -0.2) is 4.98 Å². The second-order valence-electron chi connectivity index (χ2n) is 7.94. The molecule has 0 unspecified atom stereocenters. The second-order valence-corrected chi connectivity index (χ2v) is 7.94. The van der Waals surface area contributed by atoms with Gasteiger partial charge in [0.2, 0.25) is 5.89 Å². The van der Waals surface area contributed by atoms with E-state index in [4.69, 9.17) is 4.42 Å². The molecule has 1 aliphatic heterocycles. The molecule has 0 atom stereocenters. The lowest BCUT2D eigenvalue weighted by atomic mass is 9.97. The van der Waals surface area contributed by atoms with E-state index < -0.39 is 0 Å². The predicted molar refractivity (Wildman–Crippen MR) is 118 cm³/mol. The minimum atomic E-state index is 0.683. The van der Waals surface area contributed by atoms with Gasteiger partial charge in [-0.2, -0.15) is 0 Å². The molecule has 0 saturated carbocycles. The Morgan fingerprint density at radius 1 is 1.17 bits per heavy atom. The zero-order valence-electron chi connectivity index (χ0n) is 18.1. The molecular formula is C23H35N5O. The molecule has 1 aliphatic rings. The number of piperidine rings is 1. The molecule has 0 spiro atoms. The van der Waals surface area contributed by atoms with Crippen LogP contribution in [0.1, 0.15) is 42.2 Å². The first kappa shape index (κ1) is 21.4. The molecule has 1 saturated heterocycles. The number of aromatic nitrogens is 1. The molecule has 1 aromatic heterocycles. The largest absolute Gasteiger partial charge is 0.444 e. The van der Waals surface area contributed by atoms with Gasteiger partial charge in [0.15, 0.2) is 5.96 Å². The Morgan fingerprint density at radius 3 is 2.59 bits per heavy atom. The van der Waals surface area contributed by atoms with E-state index in [1.807, 2.05) is 20.9 Å². The van der Waals surface area contributed by atoms with Crippen LogP contribution in [0, 0.1) is 19.8 Å². The maximum atomic E-state index is 5.72. The van der Waals surface area contributed by atoms with Crippen molar-refractivity contribution in [2.45, 2.75) is 46.1 Å². The van der Waals surface area contributed by atoms with Crippen molar-refractivity contribution in [3.05, 3.63) is 53.2 Å². The number of guanidine groups is 1. The van der Waals surface area contributed by atoms with Crippen molar-refractivity contribution in [1.82, 2.24) is 20.5 Å². The highest BCUT2D eigenvalue weighted by Gasteiger charge is 2.21. The summed E-state index contributed by atoms with van der Waals surface area (Å²) in [6.07, 6.45) is 4.57. The third-order valence-electron chi connectivity index (χ3n) is 5.70. The van der Waals surface area contributed by atoms with Crippen LogP contribution in [0.25, 0.3) is 0 Å². The Labute approximate surface area is 174 Å². The van der Waals surface area contributed by atoms with Crippen molar-refractivity contribution in [1.29, 1.82) is 0 Å². The van der Waals surface area contributed by atoms with Crippen molar-refractivity contribution in [3.63, 3.8) is 0 Å². The quantitative estimate of drug-likeness (QED) is 0.406. The van der Waals surface area contributed by atoms with Gasteiger partial charge in [-0.1, -0.05) is 30.3 Å². The maximum Gasteiger partial charge on any atom is 0.208 e. The molecule has 158 valence electrons. The summed E-state index contributed by atoms with van der Waals surface area (Å²) in [6.45, 7) is 8.89. The molecule has 2 N–H and O–H groups in total. The molecule has 0 aliphatic carbocycles. The van der Waals surface area contributed by atoms with Crippen LogP contribution < -0.4 is 10.6 Å². The zero-order valence-corrected chi connectivity index (χ0v) is 18.1. The van der Waals surface area contributed by atoms with E-state index in [1.165, 1.54) is 18.4 Å². The summed E-state index contributed by atoms with van der Waals surface area (Å²) < 4.78 is 5.72. The summed E-state index contributed by atoms with van der Waals surface area (Å²) >= 11 is 0. The lowest BCUT2D eigenvalue weighted by molar-refractivity contribution is 0.164. The fourth-order valence-corrected chi connectivity index (χ4v) is 3.75. The highest BCUT2D eigenvalue weighted by atomic mass is 16.4. The van der Waals surface area contributed by atoms with Crippen molar-refractivity contribution >= 4 is 5.96 Å². The van der Waals surface area contributed by atoms with Gasteiger partial charge < -0.3 is 15.1 Å². The van der Waals surface area contributed by atoms with Crippen LogP contribution in [0.4, 0.5) is 0 Å². The minimum Gasteiger partial charge on any atom is -0.444 e. The van der Waals surface area contributed by atoms with E-state index in [9.17, 15) is 0 Å². The molecule has 2 aromatic rings. The topological polar surface area (TPSA) is 65.7 Å². The smallest absolute Gasteiger partial charge is 0.208 e. The summed E-state index contributed by atoms with van der Waals surface area (Å²) in [4.78, 5) is 11.3. The van der Waals surface area contributed by atoms with Crippen LogP contribution in [0.3, 0.4) is 0 Å². The van der Waals surface area contributed by atoms with Gasteiger partial charge in [0.1, 0.15) is 5.76 Å². The van der Waals surface area contributed by atoms with E-state index in [1.54, 1.807) is 0 Å². The molecule has 1 fully saturated rings. The highest BCUT2D eigenvalue weighted by molar-refractivity contribution is 5.79. The summed E-state index contributed by atoms with van der Waals surface area (Å²) in [5, 5.41) is 6.94. The predicted octanol–water partition coefficient (Wildman–Crippen LogP) is 3.30. The van der Waals surface area contributed by atoms with Gasteiger partial charge in [0, 0.05) is 20.1 Å². The Bertz CT molecular complexity index is 743. The SMILES string of the molecule is CN=C(NCCCc1ccccc1)NCC1CCN(Cc2nc(C)c(C)o2)CC1. The zero-order chi connectivity index (χ0) is 20.5. The third-order valence-corrected chi connectivity index (χ3v) is 5.70. The van der Waals surface area contributed by atoms with Gasteiger partial charge in [-0.15, -0.1) is 0 Å². The number of aliphatic imine (C=N–C) groups is 1. The van der Waals surface area contributed by atoms with Crippen molar-refractivity contribution in [2.24, 2.45) is 10.9 Å². The second kappa shape index (κ2) is 11.0. The number of hydrogen-bond acceptors (Lipinski definition) is 4. The number of hydrogen-bond donors (Lipinski definition) is 2. The number of oxazole rings is 1. The minimum absolute atomic E-state index is 0.683. The average molecular weight is 398 g/mol. The van der Waals surface area contributed by atoms with Crippen LogP contribution >= 0.6 is 0 Å². The molecule has 29 heavy (non-hydrogen) atoms. The summed E-state index contributed by atoms with van der Waals surface area (Å²) in [6, 6.07) is 10.6. The van der Waals surface area contributed by atoms with E-state index in [0.717, 1.165) is 68.9 Å². The number of rotatable bonds is 8. The molecule has 0 amide bonds. The van der Waals surface area contributed by atoms with Crippen molar-refractivity contribution in [2.75, 3.05) is 33.2 Å². The number of likely N-dealkylation sites (tertiary alicyclic amines) is 1. The first-order valence-electron chi connectivity index (χ1n) is 10.8. The Morgan fingerprint density at radius 2 is 1.93 bits per heavy atom. The van der Waals surface area contributed by atoms with Crippen LogP contribution in [0.2, 0.25) is 0 Å². The summed E-state index contributed by atoms with van der Waals surface area (Å²) in [5.41, 5.74) is 2.39. The van der Waals surface area contributed by atoms with Crippen LogP contribution in [-0.4, -0.2) is 49.1 Å². The molecule has 3 rings (SSSR count). The lowest BCUT2D eigenvalue weighted by Crippen LogP contribution is -2.43. The van der Waals surface area contributed by atoms with Gasteiger partial charge >= 0.3 is 0 Å². The van der Waals surface area contributed by atoms with E-state index in [2.05, 4.69) is 55.8 Å². The Hall–Kier alpha value is -2.34. The summed E-state index contributed by atoms with van der Waals surface area (Å²) in [7, 11) is 1.84. The third kappa shape index (κ3) is 6.89. The average Bonchev–Trinajstić information content (AvgIpc) is 3.06. The van der Waals surface area contributed by atoms with Crippen LogP contribution in [0.15, 0.2) is 39.7 Å². The lowest BCUT2D eigenvalue weighted by Gasteiger charge is -2.31. The van der Waals surface area contributed by atoms with Gasteiger partial charge in [-0.3, -0.25) is 9.89 Å². The molecule has 6 heteroatoms. The van der Waals surface area contributed by atoms with Gasteiger partial charge in [0.25, 0.3) is 0 Å². The van der Waals surface area contributed by atoms with E-state index >= 15 is 0 Å². The summed E-state index contributed by atoms with van der Waals surface area (Å²) in [5.74, 6) is 3.37. The molecular weight excluding hydrogens is 362 g/mol. The molecule has 6 nitrogen and oxygen atoms in total. The van der Waals surface area contributed by atoms with E-state index in [0.29, 0.717) is 5.92 Å². The molecule has 2 heterocycles. The first-order valence-corrected chi connectivity index (χ1v) is 10.8.